The lowest BCUT2D eigenvalue weighted by Gasteiger charge is -2.07. The highest BCUT2D eigenvalue weighted by molar-refractivity contribution is 5.67. The van der Waals surface area contributed by atoms with E-state index in [1.54, 1.807) is 11.0 Å². The Morgan fingerprint density at radius 3 is 2.88 bits per heavy atom. The molecule has 0 aliphatic rings. The first-order valence-electron chi connectivity index (χ1n) is 4.92. The largest absolute Gasteiger partial charge is 0.481 e. The molecule has 1 heterocycles. The van der Waals surface area contributed by atoms with E-state index in [9.17, 15) is 4.79 Å². The van der Waals surface area contributed by atoms with Gasteiger partial charge in [0.1, 0.15) is 12.7 Å². The van der Waals surface area contributed by atoms with Gasteiger partial charge in [-0.2, -0.15) is 5.10 Å². The van der Waals surface area contributed by atoms with E-state index >= 15 is 0 Å². The fourth-order valence-corrected chi connectivity index (χ4v) is 1.52. The van der Waals surface area contributed by atoms with Crippen LogP contribution >= 0.6 is 0 Å². The van der Waals surface area contributed by atoms with Crippen molar-refractivity contribution >= 4 is 5.97 Å². The Labute approximate surface area is 92.4 Å². The summed E-state index contributed by atoms with van der Waals surface area (Å²) < 4.78 is 1.64. The summed E-state index contributed by atoms with van der Waals surface area (Å²) in [7, 11) is 0. The number of para-hydroxylation sites is 1. The molecule has 0 atom stereocenters. The van der Waals surface area contributed by atoms with E-state index in [2.05, 4.69) is 10.1 Å². The summed E-state index contributed by atoms with van der Waals surface area (Å²) in [6.07, 6.45) is 3.66. The van der Waals surface area contributed by atoms with Crippen molar-refractivity contribution in [2.24, 2.45) is 0 Å². The molecular formula is C11H11N3O2. The highest BCUT2D eigenvalue weighted by Gasteiger charge is 2.06. The van der Waals surface area contributed by atoms with Gasteiger partial charge in [-0.1, -0.05) is 18.2 Å². The second-order valence-electron chi connectivity index (χ2n) is 3.36. The fourth-order valence-electron chi connectivity index (χ4n) is 1.52. The third-order valence-electron chi connectivity index (χ3n) is 2.27. The van der Waals surface area contributed by atoms with E-state index in [0.717, 1.165) is 11.3 Å². The van der Waals surface area contributed by atoms with Gasteiger partial charge in [0.15, 0.2) is 0 Å². The molecule has 5 heteroatoms. The maximum Gasteiger partial charge on any atom is 0.303 e. The highest BCUT2D eigenvalue weighted by atomic mass is 16.4. The normalized spacial score (nSPS) is 10.2. The molecular weight excluding hydrogens is 206 g/mol. The summed E-state index contributed by atoms with van der Waals surface area (Å²) in [6.45, 7) is 0. The van der Waals surface area contributed by atoms with Crippen LogP contribution in [-0.2, 0) is 11.2 Å². The number of benzene rings is 1. The summed E-state index contributed by atoms with van der Waals surface area (Å²) >= 11 is 0. The van der Waals surface area contributed by atoms with Crippen LogP contribution in [0.4, 0.5) is 0 Å². The standard InChI is InChI=1S/C11H11N3O2/c15-11(16)6-5-9-3-1-2-4-10(9)14-8-12-7-13-14/h1-4,7-8H,5-6H2,(H,15,16). The zero-order chi connectivity index (χ0) is 11.4. The molecule has 0 saturated heterocycles. The van der Waals surface area contributed by atoms with Gasteiger partial charge in [0.25, 0.3) is 0 Å². The van der Waals surface area contributed by atoms with Gasteiger partial charge in [0.05, 0.1) is 5.69 Å². The zero-order valence-electron chi connectivity index (χ0n) is 8.58. The predicted molar refractivity (Wildman–Crippen MR) is 57.3 cm³/mol. The molecule has 1 N–H and O–H groups in total. The Morgan fingerprint density at radius 2 is 2.19 bits per heavy atom. The first-order chi connectivity index (χ1) is 7.77. The number of nitrogens with zero attached hydrogens (tertiary/aromatic N) is 3. The van der Waals surface area contributed by atoms with Gasteiger partial charge >= 0.3 is 5.97 Å². The number of rotatable bonds is 4. The highest BCUT2D eigenvalue weighted by Crippen LogP contribution is 2.14. The Bertz CT molecular complexity index is 480. The lowest BCUT2D eigenvalue weighted by molar-refractivity contribution is -0.136. The molecule has 0 spiro atoms. The Balaban J connectivity index is 2.27. The Hall–Kier alpha value is -2.17. The van der Waals surface area contributed by atoms with Crippen molar-refractivity contribution in [2.75, 3.05) is 0 Å². The van der Waals surface area contributed by atoms with Crippen molar-refractivity contribution in [2.45, 2.75) is 12.8 Å². The number of carboxylic acid groups (broad SMARTS) is 1. The molecule has 2 rings (SSSR count). The van der Waals surface area contributed by atoms with E-state index < -0.39 is 5.97 Å². The summed E-state index contributed by atoms with van der Waals surface area (Å²) in [5.41, 5.74) is 1.83. The third-order valence-corrected chi connectivity index (χ3v) is 2.27. The van der Waals surface area contributed by atoms with Crippen LogP contribution in [0.25, 0.3) is 5.69 Å². The molecule has 1 aromatic carbocycles. The van der Waals surface area contributed by atoms with Crippen molar-refractivity contribution in [1.82, 2.24) is 14.8 Å². The van der Waals surface area contributed by atoms with E-state index in [0.29, 0.717) is 6.42 Å². The van der Waals surface area contributed by atoms with Gasteiger partial charge in [-0.05, 0) is 18.1 Å². The summed E-state index contributed by atoms with van der Waals surface area (Å²) in [6, 6.07) is 7.57. The van der Waals surface area contributed by atoms with Gasteiger partial charge in [-0.25, -0.2) is 9.67 Å². The number of aliphatic carboxylic acids is 1. The molecule has 5 nitrogen and oxygen atoms in total. The number of carboxylic acids is 1. The van der Waals surface area contributed by atoms with Gasteiger partial charge in [-0.15, -0.1) is 0 Å². The topological polar surface area (TPSA) is 68.0 Å². The first kappa shape index (κ1) is 10.4. The molecule has 0 bridgehead atoms. The lowest BCUT2D eigenvalue weighted by Crippen LogP contribution is -2.03. The van der Waals surface area contributed by atoms with Crippen molar-refractivity contribution in [3.8, 4) is 5.69 Å². The van der Waals surface area contributed by atoms with Gasteiger partial charge < -0.3 is 5.11 Å². The van der Waals surface area contributed by atoms with Crippen LogP contribution in [0.5, 0.6) is 0 Å². The second-order valence-corrected chi connectivity index (χ2v) is 3.36. The van der Waals surface area contributed by atoms with Gasteiger partial charge in [-0.3, -0.25) is 4.79 Å². The van der Waals surface area contributed by atoms with E-state index in [4.69, 9.17) is 5.11 Å². The predicted octanol–water partition coefficient (Wildman–Crippen LogP) is 1.28. The molecule has 0 radical (unpaired) electrons. The fraction of sp³-hybridized carbons (Fsp3) is 0.182. The minimum atomic E-state index is -0.798. The van der Waals surface area contributed by atoms with Gasteiger partial charge in [0, 0.05) is 6.42 Å². The molecule has 0 saturated carbocycles. The van der Waals surface area contributed by atoms with Crippen molar-refractivity contribution in [3.05, 3.63) is 42.5 Å². The summed E-state index contributed by atoms with van der Waals surface area (Å²) in [5, 5.41) is 12.7. The molecule has 2 aromatic rings. The van der Waals surface area contributed by atoms with Crippen LogP contribution in [0.1, 0.15) is 12.0 Å². The van der Waals surface area contributed by atoms with E-state index in [-0.39, 0.29) is 6.42 Å². The lowest BCUT2D eigenvalue weighted by atomic mass is 10.1. The van der Waals surface area contributed by atoms with Crippen molar-refractivity contribution < 1.29 is 9.90 Å². The minimum Gasteiger partial charge on any atom is -0.481 e. The summed E-state index contributed by atoms with van der Waals surface area (Å²) in [5.74, 6) is -0.798. The van der Waals surface area contributed by atoms with Gasteiger partial charge in [0.2, 0.25) is 0 Å². The van der Waals surface area contributed by atoms with Crippen LogP contribution in [0.3, 0.4) is 0 Å². The molecule has 0 aliphatic heterocycles. The van der Waals surface area contributed by atoms with E-state index in [1.165, 1.54) is 6.33 Å². The monoisotopic (exact) mass is 217 g/mol. The van der Waals surface area contributed by atoms with Crippen LogP contribution in [0, 0.1) is 0 Å². The summed E-state index contributed by atoms with van der Waals surface area (Å²) in [4.78, 5) is 14.4. The average molecular weight is 217 g/mol. The van der Waals surface area contributed by atoms with Crippen LogP contribution in [-0.4, -0.2) is 25.8 Å². The molecule has 0 amide bonds. The number of carbonyl (C=O) groups is 1. The molecule has 0 fully saturated rings. The smallest absolute Gasteiger partial charge is 0.303 e. The third kappa shape index (κ3) is 2.25. The molecule has 1 aromatic heterocycles. The number of hydrogen-bond acceptors (Lipinski definition) is 3. The number of aryl methyl sites for hydroxylation is 1. The van der Waals surface area contributed by atoms with Crippen LogP contribution < -0.4 is 0 Å². The van der Waals surface area contributed by atoms with Crippen molar-refractivity contribution in [1.29, 1.82) is 0 Å². The zero-order valence-corrected chi connectivity index (χ0v) is 8.58. The SMILES string of the molecule is O=C(O)CCc1ccccc1-n1cncn1. The first-order valence-corrected chi connectivity index (χ1v) is 4.92. The molecule has 0 aliphatic carbocycles. The number of aromatic nitrogens is 3. The quantitative estimate of drug-likeness (QED) is 0.837. The second kappa shape index (κ2) is 4.57. The van der Waals surface area contributed by atoms with Crippen LogP contribution in [0.15, 0.2) is 36.9 Å². The van der Waals surface area contributed by atoms with Crippen molar-refractivity contribution in [3.63, 3.8) is 0 Å². The maximum atomic E-state index is 10.5. The molecule has 16 heavy (non-hydrogen) atoms. The average Bonchev–Trinajstić information content (AvgIpc) is 2.80. The number of hydrogen-bond donors (Lipinski definition) is 1. The Morgan fingerprint density at radius 1 is 1.38 bits per heavy atom. The molecule has 82 valence electrons. The maximum absolute atomic E-state index is 10.5. The molecule has 0 unspecified atom stereocenters. The van der Waals surface area contributed by atoms with Crippen LogP contribution in [0.2, 0.25) is 0 Å². The Kier molecular flexibility index (Phi) is 2.95. The minimum absolute atomic E-state index is 0.117. The van der Waals surface area contributed by atoms with E-state index in [1.807, 2.05) is 24.3 Å².